The second kappa shape index (κ2) is 39.2. The minimum absolute atomic E-state index is 0. The number of para-hydroxylation sites is 3. The van der Waals surface area contributed by atoms with E-state index in [1.165, 1.54) is 40.1 Å². The molecule has 25 nitrogen and oxygen atoms in total. The predicted octanol–water partition coefficient (Wildman–Crippen LogP) is 14.3. The van der Waals surface area contributed by atoms with E-state index in [0.29, 0.717) is 147 Å². The van der Waals surface area contributed by atoms with E-state index in [9.17, 15) is 61.1 Å². The molecule has 9 heterocycles. The van der Waals surface area contributed by atoms with Gasteiger partial charge in [-0.1, -0.05) is 150 Å². The normalized spacial score (nSPS) is 13.4. The van der Waals surface area contributed by atoms with Gasteiger partial charge in [0.25, 0.3) is 34.4 Å². The van der Waals surface area contributed by atoms with Crippen molar-refractivity contribution in [2.75, 3.05) is 113 Å². The van der Waals surface area contributed by atoms with E-state index < -0.39 is 40.8 Å². The van der Waals surface area contributed by atoms with E-state index in [1.54, 1.807) is 137 Å². The van der Waals surface area contributed by atoms with Gasteiger partial charge in [-0.15, -0.1) is 0 Å². The third-order valence-electron chi connectivity index (χ3n) is 20.2. The quantitative estimate of drug-likeness (QED) is 0.0389. The standard InChI is InChI=1S/C29H26F3N3O5.C29H27N3O6.C29H29N3O5.3CH4/c1-2-39-28(38)24-25(33-13-15-34(16-14-33)26(36)23-8-5-17-40-23)21-6-3-4-7-22(21)35(27(24)37)18-19-9-11-20(12-10-19)29(30,31)32;1-2-37-29(36)25-26(30-14-16-31(17-15-30)27(34)24-13-8-18-38-24)21-11-6-7-12-22(21)32(28(25)35)19-23(33)20-9-4-3-5-10-20;1-2-36-29(35)25-26(30-16-18-31(19-17-30)27(33)24-13-8-20-37-24)22-11-6-7-12-23(22)32(28(25)34)15-14-21-9-4-3-5-10-21;;;/h3-12,17H,2,13-16,18H2,1H3;3-13,18H,2,14-17,19H2,1H3;3-13,20H,2,14-19H2,1H3;3*1H4. The summed E-state index contributed by atoms with van der Waals surface area (Å²) in [6.07, 6.45) is 0.543. The topological polar surface area (TPSA) is 272 Å². The fourth-order valence-corrected chi connectivity index (χ4v) is 14.6. The molecule has 3 aliphatic rings. The number of ether oxygens (including phenoxy) is 3. The maximum atomic E-state index is 13.9. The first-order valence-electron chi connectivity index (χ1n) is 37.8. The zero-order valence-corrected chi connectivity index (χ0v) is 63.3. The van der Waals surface area contributed by atoms with Gasteiger partial charge in [0.2, 0.25) is 0 Å². The summed E-state index contributed by atoms with van der Waals surface area (Å²) in [7, 11) is 0. The van der Waals surface area contributed by atoms with Crippen LogP contribution in [0.25, 0.3) is 32.7 Å². The number of esters is 3. The van der Waals surface area contributed by atoms with Crippen LogP contribution in [0, 0.1) is 0 Å². The number of halogens is 3. The largest absolute Gasteiger partial charge is 0.462 e. The summed E-state index contributed by atoms with van der Waals surface area (Å²) in [5.41, 5.74) is 2.73. The van der Waals surface area contributed by atoms with E-state index in [-0.39, 0.29) is 112 Å². The van der Waals surface area contributed by atoms with E-state index in [1.807, 2.05) is 87.5 Å². The van der Waals surface area contributed by atoms with Crippen LogP contribution in [-0.4, -0.2) is 168 Å². The van der Waals surface area contributed by atoms with Gasteiger partial charge in [-0.3, -0.25) is 38.1 Å². The van der Waals surface area contributed by atoms with Crippen molar-refractivity contribution >= 4 is 91.2 Å². The van der Waals surface area contributed by atoms with Gasteiger partial charge in [-0.05, 0) is 105 Å². The van der Waals surface area contributed by atoms with Gasteiger partial charge >= 0.3 is 24.1 Å². The Hall–Kier alpha value is -13.5. The molecular formula is C90H94F3N9O16. The summed E-state index contributed by atoms with van der Waals surface area (Å²) in [5.74, 6) is -2.23. The molecule has 15 rings (SSSR count). The number of anilines is 3. The number of benzene rings is 6. The lowest BCUT2D eigenvalue weighted by Crippen LogP contribution is -2.49. The highest BCUT2D eigenvalue weighted by Gasteiger charge is 2.36. The van der Waals surface area contributed by atoms with Gasteiger partial charge in [-0.25, -0.2) is 14.4 Å². The van der Waals surface area contributed by atoms with Crippen molar-refractivity contribution in [3.05, 3.63) is 300 Å². The number of carbonyl (C=O) groups excluding carboxylic acids is 7. The number of furan rings is 3. The molecule has 3 saturated heterocycles. The second-order valence-electron chi connectivity index (χ2n) is 27.1. The van der Waals surface area contributed by atoms with Crippen LogP contribution in [0.15, 0.2) is 241 Å². The molecule has 0 aliphatic carbocycles. The van der Waals surface area contributed by atoms with Crippen LogP contribution in [0.2, 0.25) is 0 Å². The van der Waals surface area contributed by atoms with Crippen LogP contribution in [-0.2, 0) is 46.4 Å². The van der Waals surface area contributed by atoms with Gasteiger partial charge in [0.1, 0.15) is 16.7 Å². The SMILES string of the molecule is C.C.C.CCOC(=O)c1c(N2CCN(C(=O)c3ccco3)CC2)c2ccccc2n(CC(=O)c2ccccc2)c1=O.CCOC(=O)c1c(N2CCN(C(=O)c3ccco3)CC2)c2ccccc2n(CCc2ccccc2)c1=O.CCOC(=O)c1c(N2CCN(C(=O)c3ccco3)CC2)c2ccccc2n(Cc2ccc(C(F)(F)F)cc2)c1=O. The molecule has 0 spiro atoms. The van der Waals surface area contributed by atoms with Crippen LogP contribution < -0.4 is 31.4 Å². The number of piperazine rings is 3. The number of ketones is 1. The molecule has 12 aromatic rings. The van der Waals surface area contributed by atoms with E-state index in [2.05, 4.69) is 0 Å². The molecule has 616 valence electrons. The Morgan fingerprint density at radius 1 is 0.373 bits per heavy atom. The number of pyridine rings is 3. The van der Waals surface area contributed by atoms with Crippen LogP contribution in [0.5, 0.6) is 0 Å². The summed E-state index contributed by atoms with van der Waals surface area (Å²) >= 11 is 0. The Morgan fingerprint density at radius 3 is 1.06 bits per heavy atom. The van der Waals surface area contributed by atoms with E-state index >= 15 is 0 Å². The lowest BCUT2D eigenvalue weighted by Gasteiger charge is -2.37. The van der Waals surface area contributed by atoms with Crippen molar-refractivity contribution in [1.82, 2.24) is 28.4 Å². The van der Waals surface area contributed by atoms with Crippen molar-refractivity contribution < 1.29 is 74.2 Å². The molecule has 6 aromatic carbocycles. The maximum Gasteiger partial charge on any atom is 0.416 e. The molecular weight excluding hydrogens is 1520 g/mol. The molecule has 3 amide bonds. The predicted molar refractivity (Wildman–Crippen MR) is 445 cm³/mol. The summed E-state index contributed by atoms with van der Waals surface area (Å²) < 4.78 is 75.3. The first-order chi connectivity index (χ1) is 55.8. The molecule has 3 aliphatic heterocycles. The van der Waals surface area contributed by atoms with Crippen LogP contribution in [0.1, 0.15) is 133 Å². The molecule has 28 heteroatoms. The number of nitrogens with zero attached hydrogens (tertiary/aromatic N) is 9. The minimum atomic E-state index is -4.48. The number of fused-ring (bicyclic) bond motifs is 3. The van der Waals surface area contributed by atoms with Crippen molar-refractivity contribution in [1.29, 1.82) is 0 Å². The second-order valence-corrected chi connectivity index (χ2v) is 27.1. The van der Waals surface area contributed by atoms with Crippen LogP contribution in [0.4, 0.5) is 30.2 Å². The lowest BCUT2D eigenvalue weighted by molar-refractivity contribution is -0.137. The number of alkyl halides is 3. The van der Waals surface area contributed by atoms with Gasteiger partial charge < -0.3 is 66.0 Å². The smallest absolute Gasteiger partial charge is 0.416 e. The third kappa shape index (κ3) is 18.9. The molecule has 118 heavy (non-hydrogen) atoms. The number of hydrogen-bond donors (Lipinski definition) is 0. The highest BCUT2D eigenvalue weighted by Crippen LogP contribution is 2.36. The number of hydrogen-bond acceptors (Lipinski definition) is 19. The zero-order chi connectivity index (χ0) is 80.9. The third-order valence-corrected chi connectivity index (χ3v) is 20.2. The highest BCUT2D eigenvalue weighted by molar-refractivity contribution is 6.09. The average Bonchev–Trinajstić information content (AvgIpc) is 1.19. The fourth-order valence-electron chi connectivity index (χ4n) is 14.6. The summed E-state index contributed by atoms with van der Waals surface area (Å²) in [4.78, 5) is 143. The maximum absolute atomic E-state index is 13.9. The summed E-state index contributed by atoms with van der Waals surface area (Å²) in [5, 5.41) is 2.08. The summed E-state index contributed by atoms with van der Waals surface area (Å²) in [6.45, 7) is 10.3. The Bertz CT molecular complexity index is 5690. The molecule has 3 fully saturated rings. The molecule has 0 bridgehead atoms. The Morgan fingerprint density at radius 2 is 0.703 bits per heavy atom. The average molecular weight is 1610 g/mol. The molecule has 0 unspecified atom stereocenters. The fraction of sp³-hybridized carbons (Fsp3) is 0.289. The minimum Gasteiger partial charge on any atom is -0.462 e. The number of rotatable bonds is 20. The van der Waals surface area contributed by atoms with Crippen LogP contribution >= 0.6 is 0 Å². The number of amides is 3. The Balaban J connectivity index is 0.000000184. The number of Topliss-reactive ketones (excluding diaryl/α,β-unsaturated/α-hetero) is 1. The van der Waals surface area contributed by atoms with Gasteiger partial charge in [0.15, 0.2) is 23.1 Å². The van der Waals surface area contributed by atoms with Crippen molar-refractivity contribution in [3.63, 3.8) is 0 Å². The summed E-state index contributed by atoms with van der Waals surface area (Å²) in [6, 6.07) is 55.0. The molecule has 0 N–H and O–H groups in total. The highest BCUT2D eigenvalue weighted by atomic mass is 19.4. The number of aryl methyl sites for hydroxylation is 2. The van der Waals surface area contributed by atoms with Crippen molar-refractivity contribution in [3.8, 4) is 0 Å². The first kappa shape index (κ1) is 86.9. The number of aromatic nitrogens is 3. The first-order valence-corrected chi connectivity index (χ1v) is 37.8. The van der Waals surface area contributed by atoms with E-state index in [0.717, 1.165) is 28.6 Å². The zero-order valence-electron chi connectivity index (χ0n) is 63.3. The Kier molecular flexibility index (Phi) is 28.9. The van der Waals surface area contributed by atoms with Crippen LogP contribution in [0.3, 0.4) is 0 Å². The molecule has 0 saturated carbocycles. The van der Waals surface area contributed by atoms with E-state index in [4.69, 9.17) is 27.5 Å². The van der Waals surface area contributed by atoms with Crippen molar-refractivity contribution in [2.24, 2.45) is 0 Å². The monoisotopic (exact) mass is 1610 g/mol. The Labute approximate surface area is 679 Å². The van der Waals surface area contributed by atoms with Gasteiger partial charge in [0.05, 0.1) is 90.9 Å². The molecule has 0 radical (unpaired) electrons. The lowest BCUT2D eigenvalue weighted by atomic mass is 10.0. The van der Waals surface area contributed by atoms with Gasteiger partial charge in [-0.2, -0.15) is 13.2 Å². The molecule has 0 atom stereocenters. The molecule has 6 aromatic heterocycles. The van der Waals surface area contributed by atoms with Crippen molar-refractivity contribution in [2.45, 2.75) is 75.3 Å². The number of carbonyl (C=O) groups is 7. The van der Waals surface area contributed by atoms with Gasteiger partial charge in [0, 0.05) is 107 Å².